The minimum absolute atomic E-state index is 0.368. The maximum absolute atomic E-state index is 12.4. The quantitative estimate of drug-likeness (QED) is 0.811. The Bertz CT molecular complexity index is 384. The van der Waals surface area contributed by atoms with Crippen molar-refractivity contribution in [1.82, 2.24) is 0 Å². The molecular formula is C9H8BrF6NS. The Kier molecular flexibility index (Phi) is 4.71. The summed E-state index contributed by atoms with van der Waals surface area (Å²) in [5.41, 5.74) is 5.08. The Balaban J connectivity index is 2.87. The van der Waals surface area contributed by atoms with E-state index < -0.39 is 30.7 Å². The van der Waals surface area contributed by atoms with Crippen molar-refractivity contribution in [3.63, 3.8) is 0 Å². The monoisotopic (exact) mass is 355 g/mol. The van der Waals surface area contributed by atoms with E-state index in [4.69, 9.17) is 5.73 Å². The Morgan fingerprint density at radius 1 is 1.17 bits per heavy atom. The fourth-order valence-corrected chi connectivity index (χ4v) is 3.01. The Morgan fingerprint density at radius 3 is 2.00 bits per heavy atom. The lowest BCUT2D eigenvalue weighted by atomic mass is 9.96. The topological polar surface area (TPSA) is 26.0 Å². The molecule has 0 amide bonds. The first-order chi connectivity index (χ1) is 8.01. The number of alkyl halides is 6. The maximum Gasteiger partial charge on any atom is 0.402 e. The minimum atomic E-state index is -5.40. The van der Waals surface area contributed by atoms with Crippen LogP contribution in [0.2, 0.25) is 0 Å². The molecule has 0 bridgehead atoms. The van der Waals surface area contributed by atoms with Gasteiger partial charge in [-0.05, 0) is 28.4 Å². The van der Waals surface area contributed by atoms with Gasteiger partial charge in [-0.2, -0.15) is 26.3 Å². The fourth-order valence-electron chi connectivity index (χ4n) is 1.48. The summed E-state index contributed by atoms with van der Waals surface area (Å²) >= 11 is 4.12. The molecule has 1 heterocycles. The van der Waals surface area contributed by atoms with Crippen molar-refractivity contribution < 1.29 is 26.3 Å². The van der Waals surface area contributed by atoms with E-state index in [2.05, 4.69) is 15.9 Å². The molecule has 0 spiro atoms. The van der Waals surface area contributed by atoms with E-state index in [0.29, 0.717) is 9.35 Å². The second-order valence-electron chi connectivity index (χ2n) is 3.66. The molecule has 0 fully saturated rings. The smallest absolute Gasteiger partial charge is 0.326 e. The maximum atomic E-state index is 12.4. The SMILES string of the molecule is NC(Cc1cc(Br)cs1)C(C(F)(F)F)C(F)(F)F. The fraction of sp³-hybridized carbons (Fsp3) is 0.556. The molecule has 1 unspecified atom stereocenters. The lowest BCUT2D eigenvalue weighted by molar-refractivity contribution is -0.289. The molecule has 9 heteroatoms. The molecule has 0 radical (unpaired) electrons. The molecule has 0 aliphatic carbocycles. The van der Waals surface area contributed by atoms with Gasteiger partial charge in [-0.15, -0.1) is 11.3 Å². The summed E-state index contributed by atoms with van der Waals surface area (Å²) in [5.74, 6) is -3.51. The van der Waals surface area contributed by atoms with Gasteiger partial charge >= 0.3 is 12.4 Å². The first kappa shape index (κ1) is 15.8. The molecule has 1 aromatic rings. The molecular weight excluding hydrogens is 348 g/mol. The Labute approximate surface area is 111 Å². The molecule has 0 aliphatic heterocycles. The number of nitrogens with two attached hydrogens (primary N) is 1. The van der Waals surface area contributed by atoms with Gasteiger partial charge in [-0.25, -0.2) is 0 Å². The zero-order valence-corrected chi connectivity index (χ0v) is 11.1. The highest BCUT2D eigenvalue weighted by atomic mass is 79.9. The van der Waals surface area contributed by atoms with Gasteiger partial charge in [0, 0.05) is 20.8 Å². The second kappa shape index (κ2) is 5.38. The number of thiophene rings is 1. The van der Waals surface area contributed by atoms with E-state index in [1.165, 1.54) is 6.07 Å². The van der Waals surface area contributed by atoms with E-state index in [0.717, 1.165) is 11.3 Å². The van der Waals surface area contributed by atoms with E-state index in [1.54, 1.807) is 5.38 Å². The number of rotatable bonds is 3. The first-order valence-electron chi connectivity index (χ1n) is 4.63. The standard InChI is InChI=1S/C9H8BrF6NS/c10-4-1-5(18-3-4)2-6(17)7(8(11,12)13)9(14,15)16/h1,3,6-7H,2,17H2. The number of halogens is 7. The summed E-state index contributed by atoms with van der Waals surface area (Å²) in [7, 11) is 0. The van der Waals surface area contributed by atoms with Crippen LogP contribution in [0.25, 0.3) is 0 Å². The average molecular weight is 356 g/mol. The van der Waals surface area contributed by atoms with Crippen molar-refractivity contribution in [2.75, 3.05) is 0 Å². The van der Waals surface area contributed by atoms with Gasteiger partial charge in [-0.3, -0.25) is 0 Å². The van der Waals surface area contributed by atoms with E-state index >= 15 is 0 Å². The molecule has 2 N–H and O–H groups in total. The van der Waals surface area contributed by atoms with Crippen LogP contribution in [0.1, 0.15) is 4.88 Å². The van der Waals surface area contributed by atoms with Gasteiger partial charge in [0.2, 0.25) is 0 Å². The summed E-state index contributed by atoms with van der Waals surface area (Å²) in [5, 5.41) is 1.57. The summed E-state index contributed by atoms with van der Waals surface area (Å²) in [6.45, 7) is 0. The normalized spacial score (nSPS) is 15.2. The molecule has 0 aromatic carbocycles. The van der Waals surface area contributed by atoms with Crippen molar-refractivity contribution in [3.05, 3.63) is 20.8 Å². The van der Waals surface area contributed by atoms with Gasteiger partial charge in [0.05, 0.1) is 0 Å². The molecule has 0 saturated heterocycles. The van der Waals surface area contributed by atoms with Gasteiger partial charge < -0.3 is 5.73 Å². The molecule has 18 heavy (non-hydrogen) atoms. The van der Waals surface area contributed by atoms with Crippen LogP contribution < -0.4 is 5.73 Å². The third-order valence-corrected chi connectivity index (χ3v) is 3.91. The summed E-state index contributed by atoms with van der Waals surface area (Å²) in [4.78, 5) is 0.368. The van der Waals surface area contributed by atoms with Crippen LogP contribution in [0.5, 0.6) is 0 Å². The van der Waals surface area contributed by atoms with Crippen molar-refractivity contribution in [3.8, 4) is 0 Å². The minimum Gasteiger partial charge on any atom is -0.326 e. The van der Waals surface area contributed by atoms with Crippen LogP contribution in [0.15, 0.2) is 15.9 Å². The first-order valence-corrected chi connectivity index (χ1v) is 6.31. The third kappa shape index (κ3) is 4.13. The number of hydrogen-bond acceptors (Lipinski definition) is 2. The summed E-state index contributed by atoms with van der Waals surface area (Å²) in [6.07, 6.45) is -11.3. The van der Waals surface area contributed by atoms with Crippen molar-refractivity contribution in [1.29, 1.82) is 0 Å². The van der Waals surface area contributed by atoms with Crippen LogP contribution in [0.4, 0.5) is 26.3 Å². The summed E-state index contributed by atoms with van der Waals surface area (Å²) in [6, 6.07) is -0.593. The highest BCUT2D eigenvalue weighted by molar-refractivity contribution is 9.10. The van der Waals surface area contributed by atoms with E-state index in [-0.39, 0.29) is 0 Å². The third-order valence-electron chi connectivity index (χ3n) is 2.19. The molecule has 104 valence electrons. The van der Waals surface area contributed by atoms with E-state index in [9.17, 15) is 26.3 Å². The highest BCUT2D eigenvalue weighted by Crippen LogP contribution is 2.41. The Morgan fingerprint density at radius 2 is 1.67 bits per heavy atom. The van der Waals surface area contributed by atoms with Crippen LogP contribution in [0, 0.1) is 5.92 Å². The van der Waals surface area contributed by atoms with Gasteiger partial charge in [0.1, 0.15) is 0 Å². The van der Waals surface area contributed by atoms with Crippen LogP contribution >= 0.6 is 27.3 Å². The van der Waals surface area contributed by atoms with E-state index in [1.807, 2.05) is 0 Å². The molecule has 1 atom stereocenters. The number of hydrogen-bond donors (Lipinski definition) is 1. The zero-order chi connectivity index (χ0) is 14.1. The molecule has 0 saturated carbocycles. The van der Waals surface area contributed by atoms with Crippen LogP contribution in [0.3, 0.4) is 0 Å². The predicted molar refractivity (Wildman–Crippen MR) is 59.3 cm³/mol. The van der Waals surface area contributed by atoms with Gasteiger partial charge in [-0.1, -0.05) is 0 Å². The van der Waals surface area contributed by atoms with Crippen molar-refractivity contribution in [2.24, 2.45) is 11.7 Å². The van der Waals surface area contributed by atoms with Crippen LogP contribution in [-0.2, 0) is 6.42 Å². The second-order valence-corrected chi connectivity index (χ2v) is 5.57. The van der Waals surface area contributed by atoms with Crippen molar-refractivity contribution >= 4 is 27.3 Å². The van der Waals surface area contributed by atoms with Gasteiger partial charge in [0.25, 0.3) is 0 Å². The zero-order valence-electron chi connectivity index (χ0n) is 8.65. The summed E-state index contributed by atoms with van der Waals surface area (Å²) < 4.78 is 74.8. The average Bonchev–Trinajstić information content (AvgIpc) is 2.44. The molecule has 1 rings (SSSR count). The van der Waals surface area contributed by atoms with Crippen LogP contribution in [-0.4, -0.2) is 18.4 Å². The van der Waals surface area contributed by atoms with Gasteiger partial charge in [0.15, 0.2) is 5.92 Å². The lowest BCUT2D eigenvalue weighted by Crippen LogP contribution is -2.49. The molecule has 1 aromatic heterocycles. The largest absolute Gasteiger partial charge is 0.402 e. The molecule has 0 aliphatic rings. The lowest BCUT2D eigenvalue weighted by Gasteiger charge is -2.27. The molecule has 1 nitrogen and oxygen atoms in total. The Hall–Kier alpha value is -0.280. The predicted octanol–water partition coefficient (Wildman–Crippen LogP) is 4.12. The highest BCUT2D eigenvalue weighted by Gasteiger charge is 2.59. The van der Waals surface area contributed by atoms with Crippen molar-refractivity contribution in [2.45, 2.75) is 24.8 Å².